The molecule has 18 rings (SSSR count). The molecule has 2 saturated carbocycles. The highest BCUT2D eigenvalue weighted by molar-refractivity contribution is 6.18. The van der Waals surface area contributed by atoms with Gasteiger partial charge in [0, 0.05) is 112 Å². The molecule has 4 aromatic heterocycles. The van der Waals surface area contributed by atoms with Gasteiger partial charge in [-0.1, -0.05) is 123 Å². The summed E-state index contributed by atoms with van der Waals surface area (Å²) in [6.07, 6.45) is 13.0. The van der Waals surface area contributed by atoms with E-state index in [2.05, 4.69) is 228 Å². The summed E-state index contributed by atoms with van der Waals surface area (Å²) in [5, 5.41) is 15.6. The van der Waals surface area contributed by atoms with Crippen LogP contribution in [0.15, 0.2) is 236 Å². The maximum Gasteiger partial charge on any atom is 0.143 e. The summed E-state index contributed by atoms with van der Waals surface area (Å²) < 4.78 is 27.3. The first-order valence-electron chi connectivity index (χ1n) is 30.3. The Balaban J connectivity index is 0.722. The predicted octanol–water partition coefficient (Wildman–Crippen LogP) is 23.8. The van der Waals surface area contributed by atoms with E-state index in [1.807, 2.05) is 0 Å². The average Bonchev–Trinajstić information content (AvgIpc) is 4.40. The van der Waals surface area contributed by atoms with Crippen molar-refractivity contribution in [3.05, 3.63) is 230 Å². The van der Waals surface area contributed by atoms with Gasteiger partial charge in [0.15, 0.2) is 0 Å². The summed E-state index contributed by atoms with van der Waals surface area (Å²) in [5.74, 6) is 1.24. The molecule has 0 bridgehead atoms. The van der Waals surface area contributed by atoms with Gasteiger partial charge in [0.05, 0.1) is 0 Å². The number of nitrogens with zero attached hydrogens (tertiary/aromatic N) is 2. The minimum atomic E-state index is 0.621. The van der Waals surface area contributed by atoms with Gasteiger partial charge in [-0.05, 0) is 179 Å². The lowest BCUT2D eigenvalue weighted by atomic mass is 9.84. The number of anilines is 6. The molecule has 16 aromatic rings. The summed E-state index contributed by atoms with van der Waals surface area (Å²) in [6, 6.07) is 79.9. The molecule has 0 saturated heterocycles. The third kappa shape index (κ3) is 7.69. The Morgan fingerprint density at radius 1 is 0.238 bits per heavy atom. The maximum absolute atomic E-state index is 6.89. The zero-order valence-electron chi connectivity index (χ0n) is 46.5. The highest BCUT2D eigenvalue weighted by Gasteiger charge is 2.24. The Labute approximate surface area is 484 Å². The number of hydrogen-bond donors (Lipinski definition) is 0. The Kier molecular flexibility index (Phi) is 10.7. The van der Waals surface area contributed by atoms with Crippen molar-refractivity contribution in [1.82, 2.24) is 0 Å². The Morgan fingerprint density at radius 3 is 0.988 bits per heavy atom. The second-order valence-corrected chi connectivity index (χ2v) is 24.0. The van der Waals surface area contributed by atoms with E-state index in [1.54, 1.807) is 0 Å². The summed E-state index contributed by atoms with van der Waals surface area (Å²) in [6.45, 7) is 0. The topological polar surface area (TPSA) is 59.0 Å². The number of fused-ring (bicyclic) bond motifs is 17. The fourth-order valence-corrected chi connectivity index (χ4v) is 14.9. The van der Waals surface area contributed by atoms with Crippen LogP contribution in [-0.4, -0.2) is 0 Å². The molecule has 6 nitrogen and oxygen atoms in total. The minimum absolute atomic E-state index is 0.621. The van der Waals surface area contributed by atoms with Crippen LogP contribution in [0.4, 0.5) is 34.1 Å². The van der Waals surface area contributed by atoms with Gasteiger partial charge in [-0.3, -0.25) is 0 Å². The Hall–Kier alpha value is -9.78. The molecule has 0 unspecified atom stereocenters. The van der Waals surface area contributed by atoms with Crippen LogP contribution in [-0.2, 0) is 0 Å². The van der Waals surface area contributed by atoms with Gasteiger partial charge in [0.25, 0.3) is 0 Å². The molecule has 0 N–H and O–H groups in total. The van der Waals surface area contributed by atoms with Crippen LogP contribution in [0, 0.1) is 0 Å². The van der Waals surface area contributed by atoms with Crippen molar-refractivity contribution >= 4 is 154 Å². The molecule has 404 valence electrons. The Bertz CT molecular complexity index is 4970. The lowest BCUT2D eigenvalue weighted by Gasteiger charge is -2.27. The lowest BCUT2D eigenvalue weighted by molar-refractivity contribution is 0.443. The van der Waals surface area contributed by atoms with Crippen LogP contribution in [0.1, 0.15) is 87.2 Å². The molecule has 0 amide bonds. The normalized spacial score (nSPS) is 14.8. The first-order chi connectivity index (χ1) is 41.6. The first kappa shape index (κ1) is 47.8. The van der Waals surface area contributed by atoms with Crippen molar-refractivity contribution < 1.29 is 17.7 Å². The van der Waals surface area contributed by atoms with Crippen molar-refractivity contribution in [3.8, 4) is 0 Å². The number of benzene rings is 12. The first-order valence-corrected chi connectivity index (χ1v) is 30.3. The smallest absolute Gasteiger partial charge is 0.143 e. The molecule has 2 aliphatic rings. The highest BCUT2D eigenvalue weighted by Crippen LogP contribution is 2.47. The van der Waals surface area contributed by atoms with Gasteiger partial charge < -0.3 is 27.5 Å². The zero-order chi connectivity index (χ0) is 55.0. The molecule has 4 heterocycles. The maximum atomic E-state index is 6.89. The van der Waals surface area contributed by atoms with Crippen LogP contribution in [0.3, 0.4) is 0 Å². The third-order valence-electron chi connectivity index (χ3n) is 19.2. The summed E-state index contributed by atoms with van der Waals surface area (Å²) in [5.41, 5.74) is 16.0. The van der Waals surface area contributed by atoms with E-state index in [0.717, 1.165) is 143 Å². The second kappa shape index (κ2) is 18.9. The summed E-state index contributed by atoms with van der Waals surface area (Å²) in [4.78, 5) is 4.69. The minimum Gasteiger partial charge on any atom is -0.456 e. The van der Waals surface area contributed by atoms with Gasteiger partial charge in [-0.2, -0.15) is 0 Å². The van der Waals surface area contributed by atoms with Gasteiger partial charge in [0.1, 0.15) is 44.7 Å². The fraction of sp³-hybridized carbons (Fsp3) is 0.154. The monoisotopic (exact) mass is 1090 g/mol. The second-order valence-electron chi connectivity index (χ2n) is 24.0. The van der Waals surface area contributed by atoms with Crippen molar-refractivity contribution in [3.63, 3.8) is 0 Å². The molecule has 0 spiro atoms. The molecule has 0 radical (unpaired) electrons. The molecular weight excluding hydrogens is 1030 g/mol. The van der Waals surface area contributed by atoms with Gasteiger partial charge in [0.2, 0.25) is 0 Å². The zero-order valence-corrected chi connectivity index (χ0v) is 46.5. The van der Waals surface area contributed by atoms with E-state index in [9.17, 15) is 0 Å². The van der Waals surface area contributed by atoms with Crippen molar-refractivity contribution in [1.29, 1.82) is 0 Å². The van der Waals surface area contributed by atoms with Crippen molar-refractivity contribution in [2.75, 3.05) is 9.80 Å². The highest BCUT2D eigenvalue weighted by atomic mass is 16.3. The molecule has 0 aliphatic heterocycles. The van der Waals surface area contributed by atoms with Crippen LogP contribution in [0.25, 0.3) is 120 Å². The molecule has 2 fully saturated rings. The molecular formula is C78H58N2O4. The SMILES string of the molecule is c1ccc2c(c1)ccc1c3ccc(N(c4ccc(C5CCCCC5)cc4)c4ccc5c(c4)oc4cc6cc7oc8cc(N(c9ccc(C%10CCCCC%10)cc9)c9ccc%10c(c9)oc9c%11ccccc%11ccc%109)ccc8c7cc6cc45)cc3oc21. The number of rotatable bonds is 8. The predicted molar refractivity (Wildman–Crippen MR) is 349 cm³/mol. The number of furan rings is 4. The van der Waals surface area contributed by atoms with E-state index in [0.29, 0.717) is 11.8 Å². The average molecular weight is 1090 g/mol. The van der Waals surface area contributed by atoms with Crippen LogP contribution >= 0.6 is 0 Å². The Morgan fingerprint density at radius 2 is 0.571 bits per heavy atom. The third-order valence-corrected chi connectivity index (χ3v) is 19.2. The van der Waals surface area contributed by atoms with E-state index in [4.69, 9.17) is 17.7 Å². The van der Waals surface area contributed by atoms with Gasteiger partial charge >= 0.3 is 0 Å². The van der Waals surface area contributed by atoms with Crippen LogP contribution in [0.2, 0.25) is 0 Å². The van der Waals surface area contributed by atoms with E-state index in [-0.39, 0.29) is 0 Å². The van der Waals surface area contributed by atoms with Gasteiger partial charge in [-0.25, -0.2) is 0 Å². The molecule has 2 aliphatic carbocycles. The molecule has 12 aromatic carbocycles. The molecule has 6 heteroatoms. The fourth-order valence-electron chi connectivity index (χ4n) is 14.9. The van der Waals surface area contributed by atoms with Crippen LogP contribution in [0.5, 0.6) is 0 Å². The van der Waals surface area contributed by atoms with Crippen molar-refractivity contribution in [2.24, 2.45) is 0 Å². The molecule has 84 heavy (non-hydrogen) atoms. The van der Waals surface area contributed by atoms with E-state index in [1.165, 1.54) is 86.1 Å². The van der Waals surface area contributed by atoms with Crippen molar-refractivity contribution in [2.45, 2.75) is 76.0 Å². The standard InChI is InChI=1S/C78H58N2O4/c1-3-11-47(12-4-1)49-19-25-55(26-20-49)79(59-29-35-63-67-33-23-51-15-7-9-17-61(51)77(67)83-75(63)45-59)57-31-37-65-69-39-53-40-70-66-38-32-58(44-74(66)82-72(70)42-54(53)41-71(69)81-73(65)43-57)80(56-27-21-50(22-28-56)48-13-5-2-6-14-48)60-30-36-64-68-34-24-52-16-8-10-18-62(52)78(68)84-76(64)46-60/h7-10,15-48H,1-6,11-14H2. The number of hydrogen-bond acceptors (Lipinski definition) is 6. The quantitative estimate of drug-likeness (QED) is 0.151. The summed E-state index contributed by atoms with van der Waals surface area (Å²) in [7, 11) is 0. The van der Waals surface area contributed by atoms with Crippen LogP contribution < -0.4 is 9.80 Å². The summed E-state index contributed by atoms with van der Waals surface area (Å²) >= 11 is 0. The van der Waals surface area contributed by atoms with E-state index >= 15 is 0 Å². The largest absolute Gasteiger partial charge is 0.456 e. The lowest BCUT2D eigenvalue weighted by Crippen LogP contribution is -2.10. The van der Waals surface area contributed by atoms with Gasteiger partial charge in [-0.15, -0.1) is 0 Å². The molecule has 0 atom stereocenters. The van der Waals surface area contributed by atoms with E-state index < -0.39 is 0 Å².